The largest absolute Gasteiger partial charge is 0.493 e. The summed E-state index contributed by atoms with van der Waals surface area (Å²) in [6.45, 7) is 3.77. The second kappa shape index (κ2) is 9.55. The molecule has 1 heterocycles. The normalized spacial score (nSPS) is 15.4. The highest BCUT2D eigenvalue weighted by Gasteiger charge is 2.35. The van der Waals surface area contributed by atoms with E-state index >= 15 is 0 Å². The number of nitrogens with one attached hydrogen (secondary N) is 1. The zero-order chi connectivity index (χ0) is 21.7. The van der Waals surface area contributed by atoms with Crippen LogP contribution in [0.1, 0.15) is 16.7 Å². The second-order valence-corrected chi connectivity index (χ2v) is 7.93. The molecule has 1 unspecified atom stereocenters. The SMILES string of the molecule is COc1cc(C#N)ccc1OCC(=O)N1CSCC1C(=O)Nc1ccc(C)c(C)c1. The Labute approximate surface area is 180 Å². The van der Waals surface area contributed by atoms with Gasteiger partial charge in [0.15, 0.2) is 18.1 Å². The van der Waals surface area contributed by atoms with Crippen LogP contribution >= 0.6 is 11.8 Å². The number of amides is 2. The summed E-state index contributed by atoms with van der Waals surface area (Å²) in [5.41, 5.74) is 3.39. The van der Waals surface area contributed by atoms with Gasteiger partial charge in [-0.25, -0.2) is 0 Å². The number of hydrogen-bond acceptors (Lipinski definition) is 6. The molecule has 156 valence electrons. The van der Waals surface area contributed by atoms with Crippen LogP contribution in [0.25, 0.3) is 0 Å². The van der Waals surface area contributed by atoms with Crippen molar-refractivity contribution in [3.05, 3.63) is 53.1 Å². The molecule has 2 aromatic rings. The number of carbonyl (C=O) groups excluding carboxylic acids is 2. The van der Waals surface area contributed by atoms with Gasteiger partial charge in [0.25, 0.3) is 5.91 Å². The van der Waals surface area contributed by atoms with E-state index in [1.807, 2.05) is 38.1 Å². The Bertz CT molecular complexity index is 1000. The highest BCUT2D eigenvalue weighted by atomic mass is 32.2. The van der Waals surface area contributed by atoms with Crippen molar-refractivity contribution in [1.82, 2.24) is 4.90 Å². The summed E-state index contributed by atoms with van der Waals surface area (Å²) < 4.78 is 10.8. The molecule has 0 aliphatic carbocycles. The molecular formula is C22H23N3O4S. The smallest absolute Gasteiger partial charge is 0.261 e. The van der Waals surface area contributed by atoms with Gasteiger partial charge in [0, 0.05) is 17.5 Å². The molecule has 0 aromatic heterocycles. The summed E-state index contributed by atoms with van der Waals surface area (Å²) in [5, 5.41) is 11.9. The van der Waals surface area contributed by atoms with Gasteiger partial charge in [-0.2, -0.15) is 5.26 Å². The van der Waals surface area contributed by atoms with Crippen molar-refractivity contribution in [2.45, 2.75) is 19.9 Å². The number of methoxy groups -OCH3 is 1. The third kappa shape index (κ3) is 4.86. The van der Waals surface area contributed by atoms with E-state index in [1.54, 1.807) is 18.2 Å². The highest BCUT2D eigenvalue weighted by Crippen LogP contribution is 2.28. The standard InChI is InChI=1S/C22H23N3O4S/c1-14-4-6-17(8-15(14)2)24-22(27)18-12-30-13-25(18)21(26)11-29-19-7-5-16(10-23)9-20(19)28-3/h4-9,18H,11-13H2,1-3H3,(H,24,27). The first-order valence-corrected chi connectivity index (χ1v) is 10.5. The molecular weight excluding hydrogens is 402 g/mol. The maximum absolute atomic E-state index is 12.8. The van der Waals surface area contributed by atoms with Gasteiger partial charge in [-0.15, -0.1) is 11.8 Å². The van der Waals surface area contributed by atoms with Gasteiger partial charge in [0.05, 0.1) is 24.6 Å². The Morgan fingerprint density at radius 3 is 2.70 bits per heavy atom. The van der Waals surface area contributed by atoms with E-state index in [-0.39, 0.29) is 18.4 Å². The average Bonchev–Trinajstić information content (AvgIpc) is 3.24. The van der Waals surface area contributed by atoms with E-state index in [4.69, 9.17) is 14.7 Å². The summed E-state index contributed by atoms with van der Waals surface area (Å²) in [7, 11) is 1.47. The zero-order valence-electron chi connectivity index (χ0n) is 17.1. The third-order valence-corrected chi connectivity index (χ3v) is 5.94. The van der Waals surface area contributed by atoms with Crippen molar-refractivity contribution in [2.24, 2.45) is 0 Å². The van der Waals surface area contributed by atoms with Gasteiger partial charge in [0.2, 0.25) is 5.91 Å². The Hall–Kier alpha value is -3.18. The summed E-state index contributed by atoms with van der Waals surface area (Å²) in [5.74, 6) is 1.20. The number of benzene rings is 2. The number of anilines is 1. The molecule has 30 heavy (non-hydrogen) atoms. The number of rotatable bonds is 6. The Morgan fingerprint density at radius 2 is 2.00 bits per heavy atom. The molecule has 1 aliphatic heterocycles. The summed E-state index contributed by atoms with van der Waals surface area (Å²) in [6.07, 6.45) is 0. The number of ether oxygens (including phenoxy) is 2. The summed E-state index contributed by atoms with van der Waals surface area (Å²) >= 11 is 1.53. The zero-order valence-corrected chi connectivity index (χ0v) is 17.9. The maximum atomic E-state index is 12.8. The van der Waals surface area contributed by atoms with Crippen LogP contribution in [0.3, 0.4) is 0 Å². The monoisotopic (exact) mass is 425 g/mol. The lowest BCUT2D eigenvalue weighted by Crippen LogP contribution is -2.46. The molecule has 0 spiro atoms. The van der Waals surface area contributed by atoms with Gasteiger partial charge in [-0.05, 0) is 49.2 Å². The van der Waals surface area contributed by atoms with E-state index in [0.29, 0.717) is 34.4 Å². The van der Waals surface area contributed by atoms with Gasteiger partial charge in [-0.1, -0.05) is 6.07 Å². The Balaban J connectivity index is 1.63. The molecule has 0 saturated carbocycles. The number of carbonyl (C=O) groups is 2. The van der Waals surface area contributed by atoms with Crippen molar-refractivity contribution < 1.29 is 19.1 Å². The molecule has 1 fully saturated rings. The number of thioether (sulfide) groups is 1. The fourth-order valence-corrected chi connectivity index (χ4v) is 4.21. The van der Waals surface area contributed by atoms with Crippen LogP contribution in [0.5, 0.6) is 11.5 Å². The number of nitriles is 1. The van der Waals surface area contributed by atoms with E-state index in [2.05, 4.69) is 5.32 Å². The highest BCUT2D eigenvalue weighted by molar-refractivity contribution is 7.99. The first-order valence-electron chi connectivity index (χ1n) is 9.39. The van der Waals surface area contributed by atoms with Crippen molar-refractivity contribution in [3.63, 3.8) is 0 Å². The minimum atomic E-state index is -0.560. The van der Waals surface area contributed by atoms with Crippen LogP contribution in [-0.2, 0) is 9.59 Å². The van der Waals surface area contributed by atoms with Crippen LogP contribution in [0.4, 0.5) is 5.69 Å². The van der Waals surface area contributed by atoms with Crippen LogP contribution in [0.2, 0.25) is 0 Å². The minimum Gasteiger partial charge on any atom is -0.493 e. The number of nitrogens with zero attached hydrogens (tertiary/aromatic N) is 2. The number of aryl methyl sites for hydroxylation is 2. The molecule has 2 amide bonds. The second-order valence-electron chi connectivity index (χ2n) is 6.93. The lowest BCUT2D eigenvalue weighted by atomic mass is 10.1. The predicted octanol–water partition coefficient (Wildman–Crippen LogP) is 3.10. The topological polar surface area (TPSA) is 91.7 Å². The van der Waals surface area contributed by atoms with E-state index in [0.717, 1.165) is 11.1 Å². The van der Waals surface area contributed by atoms with Crippen molar-refractivity contribution in [3.8, 4) is 17.6 Å². The third-order valence-electron chi connectivity index (χ3n) is 4.92. The number of hydrogen-bond donors (Lipinski definition) is 1. The maximum Gasteiger partial charge on any atom is 0.261 e. The summed E-state index contributed by atoms with van der Waals surface area (Å²) in [6, 6.07) is 11.9. The van der Waals surface area contributed by atoms with E-state index in [1.165, 1.54) is 23.8 Å². The van der Waals surface area contributed by atoms with Gasteiger partial charge < -0.3 is 19.7 Å². The molecule has 1 saturated heterocycles. The lowest BCUT2D eigenvalue weighted by Gasteiger charge is -2.23. The molecule has 1 N–H and O–H groups in total. The van der Waals surface area contributed by atoms with E-state index in [9.17, 15) is 9.59 Å². The Kier molecular flexibility index (Phi) is 6.85. The van der Waals surface area contributed by atoms with Gasteiger partial charge in [0.1, 0.15) is 6.04 Å². The average molecular weight is 426 g/mol. The van der Waals surface area contributed by atoms with Crippen molar-refractivity contribution in [2.75, 3.05) is 30.7 Å². The molecule has 1 aliphatic rings. The fraction of sp³-hybridized carbons (Fsp3) is 0.318. The minimum absolute atomic E-state index is 0.215. The van der Waals surface area contributed by atoms with Crippen LogP contribution in [0, 0.1) is 25.2 Å². The van der Waals surface area contributed by atoms with Crippen LogP contribution in [-0.4, -0.2) is 48.1 Å². The van der Waals surface area contributed by atoms with Crippen molar-refractivity contribution >= 4 is 29.3 Å². The lowest BCUT2D eigenvalue weighted by molar-refractivity contribution is -0.137. The van der Waals surface area contributed by atoms with Crippen LogP contribution < -0.4 is 14.8 Å². The molecule has 0 radical (unpaired) electrons. The molecule has 3 rings (SSSR count). The molecule has 2 aromatic carbocycles. The van der Waals surface area contributed by atoms with Crippen molar-refractivity contribution in [1.29, 1.82) is 5.26 Å². The first-order chi connectivity index (χ1) is 14.4. The van der Waals surface area contributed by atoms with Gasteiger partial charge >= 0.3 is 0 Å². The van der Waals surface area contributed by atoms with Crippen LogP contribution in [0.15, 0.2) is 36.4 Å². The van der Waals surface area contributed by atoms with Gasteiger partial charge in [-0.3, -0.25) is 9.59 Å². The van der Waals surface area contributed by atoms with E-state index < -0.39 is 6.04 Å². The predicted molar refractivity (Wildman–Crippen MR) is 116 cm³/mol. The summed E-state index contributed by atoms with van der Waals surface area (Å²) in [4.78, 5) is 27.0. The molecule has 1 atom stereocenters. The first kappa shape index (κ1) is 21.5. The fourth-order valence-electron chi connectivity index (χ4n) is 3.03. The Morgan fingerprint density at radius 1 is 1.20 bits per heavy atom. The quantitative estimate of drug-likeness (QED) is 0.765. The molecule has 8 heteroatoms. The molecule has 7 nitrogen and oxygen atoms in total. The molecule has 0 bridgehead atoms.